The van der Waals surface area contributed by atoms with Gasteiger partial charge in [-0.05, 0) is 93.2 Å². The van der Waals surface area contributed by atoms with E-state index in [-0.39, 0.29) is 35.5 Å². The van der Waals surface area contributed by atoms with Crippen LogP contribution < -0.4 is 9.47 Å². The van der Waals surface area contributed by atoms with Crippen molar-refractivity contribution in [2.24, 2.45) is 17.8 Å². The molecule has 3 aliphatic heterocycles. The zero-order valence-corrected chi connectivity index (χ0v) is 28.5. The minimum Gasteiger partial charge on any atom is -0.506 e. The Kier molecular flexibility index (Phi) is 7.72. The van der Waals surface area contributed by atoms with Crippen LogP contribution in [0.1, 0.15) is 103 Å². The number of fused-ring (bicyclic) bond motifs is 2. The summed E-state index contributed by atoms with van der Waals surface area (Å²) >= 11 is 0. The van der Waals surface area contributed by atoms with Gasteiger partial charge in [0.1, 0.15) is 28.4 Å². The van der Waals surface area contributed by atoms with E-state index in [0.717, 1.165) is 12.0 Å². The van der Waals surface area contributed by atoms with Crippen LogP contribution in [-0.2, 0) is 20.7 Å². The van der Waals surface area contributed by atoms with Crippen molar-refractivity contribution in [3.63, 3.8) is 0 Å². The summed E-state index contributed by atoms with van der Waals surface area (Å²) in [5.74, 6) is -4.44. The number of aliphatic carboxylic acids is 1. The first-order chi connectivity index (χ1) is 21.9. The first-order valence-electron chi connectivity index (χ1n) is 16.5. The normalized spacial score (nSPS) is 34.1. The maximum Gasteiger partial charge on any atom is 0.330 e. The number of hydrogen-bond acceptors (Lipinski definition) is 8. The smallest absolute Gasteiger partial charge is 0.330 e. The highest BCUT2D eigenvalue weighted by Crippen LogP contribution is 2.70. The van der Waals surface area contributed by atoms with Crippen LogP contribution in [0.4, 0.5) is 0 Å². The van der Waals surface area contributed by atoms with Gasteiger partial charge in [-0.2, -0.15) is 0 Å². The summed E-state index contributed by atoms with van der Waals surface area (Å²) in [6, 6.07) is 0. The molecule has 3 heterocycles. The van der Waals surface area contributed by atoms with Crippen molar-refractivity contribution in [2.75, 3.05) is 0 Å². The van der Waals surface area contributed by atoms with Crippen molar-refractivity contribution in [1.82, 2.24) is 0 Å². The molecule has 4 bridgehead atoms. The van der Waals surface area contributed by atoms with Crippen LogP contribution in [0, 0.1) is 17.8 Å². The lowest BCUT2D eigenvalue weighted by Crippen LogP contribution is -2.80. The summed E-state index contributed by atoms with van der Waals surface area (Å²) in [5.41, 5.74) is -1.91. The van der Waals surface area contributed by atoms with E-state index in [9.17, 15) is 29.7 Å². The Morgan fingerprint density at radius 2 is 1.68 bits per heavy atom. The molecule has 0 aromatic heterocycles. The van der Waals surface area contributed by atoms with Crippen molar-refractivity contribution in [2.45, 2.75) is 116 Å². The summed E-state index contributed by atoms with van der Waals surface area (Å²) in [5, 5.41) is 33.2. The molecule has 1 aromatic rings. The Bertz CT molecular complexity index is 1700. The number of phenolic OH excluding ortho intramolecular Hbond substituents is 1. The largest absolute Gasteiger partial charge is 0.506 e. The van der Waals surface area contributed by atoms with Gasteiger partial charge in [-0.25, -0.2) is 4.79 Å². The third-order valence-corrected chi connectivity index (χ3v) is 11.1. The molecule has 1 saturated heterocycles. The van der Waals surface area contributed by atoms with E-state index >= 15 is 0 Å². The molecule has 7 atom stereocenters. The van der Waals surface area contributed by atoms with Crippen molar-refractivity contribution in [3.05, 3.63) is 57.7 Å². The van der Waals surface area contributed by atoms with E-state index in [4.69, 9.17) is 14.2 Å². The molecule has 9 heteroatoms. The first-order valence-corrected chi connectivity index (χ1v) is 16.5. The number of rotatable bonds is 8. The number of ether oxygens (including phenoxy) is 3. The number of Topliss-reactive ketones (excluding diaryl/α,β-unsaturated/α-hetero) is 2. The van der Waals surface area contributed by atoms with Gasteiger partial charge in [0, 0.05) is 29.4 Å². The number of allylic oxidation sites excluding steroid dienone is 4. The van der Waals surface area contributed by atoms with E-state index in [1.807, 2.05) is 60.6 Å². The van der Waals surface area contributed by atoms with Crippen molar-refractivity contribution in [3.8, 4) is 17.2 Å². The average Bonchev–Trinajstić information content (AvgIpc) is 3.10. The molecule has 252 valence electrons. The van der Waals surface area contributed by atoms with Gasteiger partial charge in [-0.3, -0.25) is 9.59 Å². The Balaban J connectivity index is 1.60. The molecule has 0 amide bonds. The second-order valence-corrected chi connectivity index (χ2v) is 15.2. The Hall–Kier alpha value is -3.69. The molecular weight excluding hydrogens is 600 g/mol. The number of aliphatic hydroxyl groups is 1. The lowest BCUT2D eigenvalue weighted by molar-refractivity contribution is -0.220. The van der Waals surface area contributed by atoms with E-state index in [2.05, 4.69) is 6.08 Å². The molecule has 9 nitrogen and oxygen atoms in total. The SMILES string of the molecule is CC(C)=CCC[C@@]1(C)C=Cc2c(O)c3c(c(CC=C(C)C)c2O1)O[C@]12[C@H](C3=O)[C@@H](O)[C@@H]3C[C@H]1C(C)(C)O[C@]2(C/C=C(\C)C(=O)O)C3=O. The highest BCUT2D eigenvalue weighted by molar-refractivity contribution is 6.10. The predicted octanol–water partition coefficient (Wildman–Crippen LogP) is 6.29. The molecule has 4 fully saturated rings. The van der Waals surface area contributed by atoms with Gasteiger partial charge in [-0.15, -0.1) is 0 Å². The quantitative estimate of drug-likeness (QED) is 0.220. The van der Waals surface area contributed by atoms with E-state index in [0.29, 0.717) is 29.7 Å². The van der Waals surface area contributed by atoms with Crippen LogP contribution in [0.3, 0.4) is 0 Å². The molecule has 1 aromatic carbocycles. The number of hydrogen-bond donors (Lipinski definition) is 3. The van der Waals surface area contributed by atoms with Crippen LogP contribution in [0.25, 0.3) is 6.08 Å². The fourth-order valence-electron chi connectivity index (χ4n) is 8.76. The van der Waals surface area contributed by atoms with Crippen molar-refractivity contribution >= 4 is 23.6 Å². The fraction of sp³-hybridized carbons (Fsp3) is 0.553. The summed E-state index contributed by atoms with van der Waals surface area (Å²) in [6.45, 7) is 15.1. The maximum absolute atomic E-state index is 14.8. The molecule has 0 radical (unpaired) electrons. The maximum atomic E-state index is 14.8. The molecule has 0 unspecified atom stereocenters. The lowest BCUT2D eigenvalue weighted by atomic mass is 9.45. The number of aromatic hydroxyl groups is 1. The molecular formula is C38H46O9. The third-order valence-electron chi connectivity index (χ3n) is 11.1. The van der Waals surface area contributed by atoms with Gasteiger partial charge < -0.3 is 29.5 Å². The third kappa shape index (κ3) is 4.67. The summed E-state index contributed by atoms with van der Waals surface area (Å²) in [6.07, 6.45) is 9.79. The first kappa shape index (κ1) is 33.2. The number of ketones is 2. The minimum atomic E-state index is -1.74. The van der Waals surface area contributed by atoms with Crippen LogP contribution in [0.15, 0.2) is 41.0 Å². The van der Waals surface area contributed by atoms with Gasteiger partial charge in [0.25, 0.3) is 0 Å². The van der Waals surface area contributed by atoms with E-state index in [1.54, 1.807) is 6.08 Å². The number of benzene rings is 1. The second kappa shape index (κ2) is 10.9. The van der Waals surface area contributed by atoms with Gasteiger partial charge in [0.2, 0.25) is 0 Å². The molecule has 3 N–H and O–H groups in total. The monoisotopic (exact) mass is 646 g/mol. The highest BCUT2D eigenvalue weighted by Gasteiger charge is 2.85. The minimum absolute atomic E-state index is 0.0260. The van der Waals surface area contributed by atoms with Crippen molar-refractivity contribution < 1.29 is 43.9 Å². The van der Waals surface area contributed by atoms with Crippen LogP contribution >= 0.6 is 0 Å². The van der Waals surface area contributed by atoms with Gasteiger partial charge in [-0.1, -0.05) is 29.4 Å². The molecule has 7 rings (SSSR count). The predicted molar refractivity (Wildman–Crippen MR) is 176 cm³/mol. The second-order valence-electron chi connectivity index (χ2n) is 15.2. The van der Waals surface area contributed by atoms with Gasteiger partial charge in [0.15, 0.2) is 22.8 Å². The van der Waals surface area contributed by atoms with Crippen molar-refractivity contribution in [1.29, 1.82) is 0 Å². The molecule has 6 aliphatic rings. The molecule has 47 heavy (non-hydrogen) atoms. The van der Waals surface area contributed by atoms with Gasteiger partial charge in [0.05, 0.1) is 23.2 Å². The molecule has 1 spiro atoms. The number of phenols is 1. The Labute approximate surface area is 276 Å². The fourth-order valence-corrected chi connectivity index (χ4v) is 8.76. The number of carbonyl (C=O) groups excluding carboxylic acids is 2. The summed E-state index contributed by atoms with van der Waals surface area (Å²) in [7, 11) is 0. The van der Waals surface area contributed by atoms with Crippen LogP contribution in [0.2, 0.25) is 0 Å². The number of carboxylic acids is 1. The zero-order valence-electron chi connectivity index (χ0n) is 28.5. The van der Waals surface area contributed by atoms with Gasteiger partial charge >= 0.3 is 5.97 Å². The Morgan fingerprint density at radius 3 is 2.32 bits per heavy atom. The average molecular weight is 647 g/mol. The lowest BCUT2D eigenvalue weighted by Gasteiger charge is -2.62. The van der Waals surface area contributed by atoms with E-state index < -0.39 is 63.8 Å². The molecule has 3 saturated carbocycles. The van der Waals surface area contributed by atoms with E-state index in [1.165, 1.54) is 18.6 Å². The summed E-state index contributed by atoms with van der Waals surface area (Å²) in [4.78, 5) is 41.1. The number of carbonyl (C=O) groups is 3. The summed E-state index contributed by atoms with van der Waals surface area (Å²) < 4.78 is 20.5. The standard InChI is InChI=1S/C38H46O9/c1-19(2)10-9-15-36(8)16-14-22-28(39)26-30(41)27-29(40)24-18-25-35(6,7)47-37(33(24)42,17-13-21(5)34(43)44)38(25,27)46-32(26)23(31(22)45-36)12-11-20(3)4/h10-11,13-14,16,24-25,27,29,39-40H,9,12,15,17-18H2,1-8H3,(H,43,44)/b21-13+/t24-,25-,27-,29-,36-,37+,38-/m0/s1. The zero-order chi connectivity index (χ0) is 34.4. The Morgan fingerprint density at radius 1 is 1.00 bits per heavy atom. The molecule has 3 aliphatic carbocycles. The number of carboxylic acid groups (broad SMARTS) is 1. The topological polar surface area (TPSA) is 140 Å². The number of aliphatic hydroxyl groups excluding tert-OH is 1. The van der Waals surface area contributed by atoms with Crippen LogP contribution in [-0.4, -0.2) is 61.4 Å². The van der Waals surface area contributed by atoms with Crippen LogP contribution in [0.5, 0.6) is 17.2 Å². The highest BCUT2D eigenvalue weighted by atomic mass is 16.6.